The highest BCUT2D eigenvalue weighted by atomic mass is 15.1. The second-order valence-electron chi connectivity index (χ2n) is 2.96. The molecule has 0 spiro atoms. The zero-order chi connectivity index (χ0) is 10.9. The van der Waals surface area contributed by atoms with E-state index in [2.05, 4.69) is 15.3 Å². The minimum atomic E-state index is -0.430. The van der Waals surface area contributed by atoms with E-state index in [1.54, 1.807) is 0 Å². The smallest absolute Gasteiger partial charge is 0.101 e. The van der Waals surface area contributed by atoms with Crippen LogP contribution < -0.4 is 5.32 Å². The van der Waals surface area contributed by atoms with E-state index in [0.717, 1.165) is 5.56 Å². The Kier molecular flexibility index (Phi) is 4.74. The monoisotopic (exact) mass is 201 g/mol. The lowest BCUT2D eigenvalue weighted by atomic mass is 10.2. The molecule has 1 aromatic rings. The molecule has 1 N–H and O–H groups in total. The summed E-state index contributed by atoms with van der Waals surface area (Å²) in [5.41, 5.74) is 9.21. The van der Waals surface area contributed by atoms with Gasteiger partial charge in [-0.2, -0.15) is 5.26 Å². The van der Waals surface area contributed by atoms with E-state index >= 15 is 0 Å². The molecule has 0 amide bonds. The molecule has 5 nitrogen and oxygen atoms in total. The summed E-state index contributed by atoms with van der Waals surface area (Å²) in [5, 5.41) is 15.1. The van der Waals surface area contributed by atoms with Crippen LogP contribution in [-0.4, -0.2) is 12.6 Å². The number of rotatable bonds is 5. The summed E-state index contributed by atoms with van der Waals surface area (Å²) in [5.74, 6) is 0. The fourth-order valence-electron chi connectivity index (χ4n) is 1.11. The summed E-state index contributed by atoms with van der Waals surface area (Å²) < 4.78 is 0. The van der Waals surface area contributed by atoms with Crippen molar-refractivity contribution >= 4 is 0 Å². The lowest BCUT2D eigenvalue weighted by Crippen LogP contribution is -2.29. The quantitative estimate of drug-likeness (QED) is 0.448. The highest BCUT2D eigenvalue weighted by molar-refractivity contribution is 5.14. The lowest BCUT2D eigenvalue weighted by Gasteiger charge is -2.08. The lowest BCUT2D eigenvalue weighted by molar-refractivity contribution is 0.608. The normalized spacial score (nSPS) is 11.1. The first kappa shape index (κ1) is 11.1. The number of azide groups is 1. The minimum absolute atomic E-state index is 0.153. The van der Waals surface area contributed by atoms with Crippen LogP contribution in [0.25, 0.3) is 10.4 Å². The van der Waals surface area contributed by atoms with Crippen LogP contribution in [-0.2, 0) is 6.54 Å². The van der Waals surface area contributed by atoms with Gasteiger partial charge in [0.15, 0.2) is 0 Å². The summed E-state index contributed by atoms with van der Waals surface area (Å²) in [7, 11) is 0. The first-order valence-corrected chi connectivity index (χ1v) is 4.54. The summed E-state index contributed by atoms with van der Waals surface area (Å²) in [6.45, 7) is 0.750. The Bertz CT molecular complexity index is 375. The number of nitriles is 1. The van der Waals surface area contributed by atoms with E-state index in [4.69, 9.17) is 10.8 Å². The third-order valence-electron chi connectivity index (χ3n) is 1.88. The van der Waals surface area contributed by atoms with Gasteiger partial charge in [-0.05, 0) is 11.1 Å². The van der Waals surface area contributed by atoms with Crippen molar-refractivity contribution in [3.05, 3.63) is 46.3 Å². The first-order valence-electron chi connectivity index (χ1n) is 4.54. The van der Waals surface area contributed by atoms with Gasteiger partial charge < -0.3 is 0 Å². The summed E-state index contributed by atoms with van der Waals surface area (Å²) >= 11 is 0. The van der Waals surface area contributed by atoms with E-state index in [-0.39, 0.29) is 6.54 Å². The molecule has 0 heterocycles. The van der Waals surface area contributed by atoms with Crippen LogP contribution in [0.5, 0.6) is 0 Å². The molecule has 0 aliphatic heterocycles. The van der Waals surface area contributed by atoms with E-state index in [1.807, 2.05) is 36.4 Å². The second kappa shape index (κ2) is 6.44. The minimum Gasteiger partial charge on any atom is -0.298 e. The van der Waals surface area contributed by atoms with Gasteiger partial charge in [0, 0.05) is 11.5 Å². The predicted octanol–water partition coefficient (Wildman–Crippen LogP) is 1.98. The summed E-state index contributed by atoms with van der Waals surface area (Å²) in [6, 6.07) is 11.3. The fraction of sp³-hybridized carbons (Fsp3) is 0.300. The van der Waals surface area contributed by atoms with Crippen molar-refractivity contribution in [2.24, 2.45) is 5.11 Å². The first-order chi connectivity index (χ1) is 7.36. The molecule has 0 saturated heterocycles. The average Bonchev–Trinajstić information content (AvgIpc) is 2.31. The second-order valence-corrected chi connectivity index (χ2v) is 2.96. The molecule has 0 aliphatic rings. The van der Waals surface area contributed by atoms with Gasteiger partial charge in [-0.25, -0.2) is 0 Å². The van der Waals surface area contributed by atoms with Gasteiger partial charge in [0.2, 0.25) is 0 Å². The van der Waals surface area contributed by atoms with Crippen LogP contribution in [0.3, 0.4) is 0 Å². The third kappa shape index (κ3) is 4.14. The number of nitrogens with zero attached hydrogens (tertiary/aromatic N) is 4. The maximum atomic E-state index is 8.73. The Morgan fingerprint density at radius 1 is 1.47 bits per heavy atom. The zero-order valence-corrected chi connectivity index (χ0v) is 8.17. The highest BCUT2D eigenvalue weighted by Gasteiger charge is 2.03. The van der Waals surface area contributed by atoms with Crippen molar-refractivity contribution in [1.82, 2.24) is 5.32 Å². The average molecular weight is 201 g/mol. The third-order valence-corrected chi connectivity index (χ3v) is 1.88. The molecule has 76 valence electrons. The van der Waals surface area contributed by atoms with Gasteiger partial charge in [0.1, 0.15) is 6.04 Å². The summed E-state index contributed by atoms with van der Waals surface area (Å²) in [4.78, 5) is 2.61. The highest BCUT2D eigenvalue weighted by Crippen LogP contribution is 1.98. The predicted molar refractivity (Wildman–Crippen MR) is 56.7 cm³/mol. The van der Waals surface area contributed by atoms with Crippen LogP contribution in [0.15, 0.2) is 35.4 Å². The zero-order valence-electron chi connectivity index (χ0n) is 8.17. The van der Waals surface area contributed by atoms with Gasteiger partial charge in [-0.3, -0.25) is 5.32 Å². The van der Waals surface area contributed by atoms with Crippen LogP contribution in [0, 0.1) is 11.3 Å². The van der Waals surface area contributed by atoms with Crippen molar-refractivity contribution in [1.29, 1.82) is 5.26 Å². The number of hydrogen-bond donors (Lipinski definition) is 1. The maximum Gasteiger partial charge on any atom is 0.101 e. The number of nitrogens with one attached hydrogen (secondary N) is 1. The Morgan fingerprint density at radius 2 is 2.20 bits per heavy atom. The molecule has 0 fully saturated rings. The van der Waals surface area contributed by atoms with Crippen molar-refractivity contribution in [3.63, 3.8) is 0 Å². The van der Waals surface area contributed by atoms with Crippen LogP contribution in [0.1, 0.15) is 5.56 Å². The van der Waals surface area contributed by atoms with Gasteiger partial charge in [-0.15, -0.1) is 0 Å². The molecule has 5 heteroatoms. The Morgan fingerprint density at radius 3 is 2.80 bits per heavy atom. The molecule has 0 saturated carbocycles. The van der Waals surface area contributed by atoms with E-state index in [9.17, 15) is 0 Å². The topological polar surface area (TPSA) is 84.6 Å². The van der Waals surface area contributed by atoms with E-state index in [0.29, 0.717) is 6.54 Å². The standard InChI is InChI=1S/C10H11N5/c11-6-10(8-14-15-12)13-7-9-4-2-1-3-5-9/h1-5,10,13H,7-8H2. The van der Waals surface area contributed by atoms with Gasteiger partial charge >= 0.3 is 0 Å². The van der Waals surface area contributed by atoms with Crippen molar-refractivity contribution in [2.45, 2.75) is 12.6 Å². The molecular weight excluding hydrogens is 190 g/mol. The Hall–Kier alpha value is -2.02. The Balaban J connectivity index is 2.42. The van der Waals surface area contributed by atoms with Gasteiger partial charge in [-0.1, -0.05) is 35.4 Å². The van der Waals surface area contributed by atoms with Crippen LogP contribution in [0.2, 0.25) is 0 Å². The molecule has 0 aromatic heterocycles. The number of hydrogen-bond acceptors (Lipinski definition) is 3. The maximum absolute atomic E-state index is 8.73. The molecular formula is C10H11N5. The van der Waals surface area contributed by atoms with Crippen LogP contribution >= 0.6 is 0 Å². The van der Waals surface area contributed by atoms with Gasteiger partial charge in [0.25, 0.3) is 0 Å². The molecule has 1 unspecified atom stereocenters. The van der Waals surface area contributed by atoms with Crippen molar-refractivity contribution in [2.75, 3.05) is 6.54 Å². The number of benzene rings is 1. The molecule has 1 rings (SSSR count). The molecule has 15 heavy (non-hydrogen) atoms. The molecule has 1 aromatic carbocycles. The largest absolute Gasteiger partial charge is 0.298 e. The molecule has 1 atom stereocenters. The molecule has 0 radical (unpaired) electrons. The molecule has 0 aliphatic carbocycles. The SMILES string of the molecule is N#CC(CN=[N+]=[N-])NCc1ccccc1. The van der Waals surface area contributed by atoms with E-state index < -0.39 is 6.04 Å². The Labute approximate surface area is 88.0 Å². The van der Waals surface area contributed by atoms with Gasteiger partial charge in [0.05, 0.1) is 12.6 Å². The van der Waals surface area contributed by atoms with Crippen molar-refractivity contribution < 1.29 is 0 Å². The van der Waals surface area contributed by atoms with Crippen molar-refractivity contribution in [3.8, 4) is 6.07 Å². The van der Waals surface area contributed by atoms with Crippen LogP contribution in [0.4, 0.5) is 0 Å². The summed E-state index contributed by atoms with van der Waals surface area (Å²) in [6.07, 6.45) is 0. The fourth-order valence-corrected chi connectivity index (χ4v) is 1.11. The molecule has 0 bridgehead atoms. The van der Waals surface area contributed by atoms with E-state index in [1.165, 1.54) is 0 Å².